The Morgan fingerprint density at radius 1 is 1.06 bits per heavy atom. The Labute approximate surface area is 184 Å². The number of benzene rings is 1. The van der Waals surface area contributed by atoms with E-state index in [-0.39, 0.29) is 18.2 Å². The summed E-state index contributed by atoms with van der Waals surface area (Å²) in [5, 5.41) is 2.81. The monoisotopic (exact) mass is 437 g/mol. The Hall–Kier alpha value is -3.33. The molecule has 3 heterocycles. The first-order valence-corrected chi connectivity index (χ1v) is 11.0. The average Bonchev–Trinajstić information content (AvgIpc) is 3.28. The maximum Gasteiger partial charge on any atom is 0.274 e. The Balaban J connectivity index is 1.31. The molecular formula is C22H23N5O3S. The Morgan fingerprint density at radius 3 is 2.48 bits per heavy atom. The highest BCUT2D eigenvalue weighted by molar-refractivity contribution is 7.13. The summed E-state index contributed by atoms with van der Waals surface area (Å²) in [5.74, 6) is 0.699. The van der Waals surface area contributed by atoms with Crippen LogP contribution in [0.25, 0.3) is 10.6 Å². The third kappa shape index (κ3) is 5.05. The zero-order valence-electron chi connectivity index (χ0n) is 17.2. The van der Waals surface area contributed by atoms with E-state index in [2.05, 4.69) is 15.0 Å². The molecular weight excluding hydrogens is 414 g/mol. The lowest BCUT2D eigenvalue weighted by Gasteiger charge is -2.34. The first-order chi connectivity index (χ1) is 15.1. The molecule has 3 aromatic rings. The van der Waals surface area contributed by atoms with Crippen LogP contribution in [0.2, 0.25) is 0 Å². The third-order valence-electron chi connectivity index (χ3n) is 5.00. The summed E-state index contributed by atoms with van der Waals surface area (Å²) in [6.45, 7) is 4.55. The largest absolute Gasteiger partial charge is 0.494 e. The normalized spacial score (nSPS) is 13.8. The summed E-state index contributed by atoms with van der Waals surface area (Å²) in [4.78, 5) is 41.3. The van der Waals surface area contributed by atoms with Crippen LogP contribution in [-0.4, -0.2) is 69.4 Å². The lowest BCUT2D eigenvalue weighted by atomic mass is 10.2. The van der Waals surface area contributed by atoms with Crippen molar-refractivity contribution >= 4 is 23.2 Å². The molecule has 0 N–H and O–H groups in total. The van der Waals surface area contributed by atoms with Crippen LogP contribution < -0.4 is 4.74 Å². The molecule has 0 atom stereocenters. The van der Waals surface area contributed by atoms with Gasteiger partial charge in [0.15, 0.2) is 0 Å². The van der Waals surface area contributed by atoms with Crippen molar-refractivity contribution < 1.29 is 14.3 Å². The second-order valence-corrected chi connectivity index (χ2v) is 7.90. The molecule has 1 aliphatic rings. The number of ether oxygens (including phenoxy) is 1. The summed E-state index contributed by atoms with van der Waals surface area (Å²) >= 11 is 1.52. The van der Waals surface area contributed by atoms with Crippen LogP contribution in [0.4, 0.5) is 0 Å². The molecule has 0 spiro atoms. The van der Waals surface area contributed by atoms with E-state index in [1.807, 2.05) is 36.6 Å². The molecule has 1 fully saturated rings. The first-order valence-electron chi connectivity index (χ1n) is 10.1. The number of nitrogens with zero attached hydrogens (tertiary/aromatic N) is 5. The van der Waals surface area contributed by atoms with Crippen LogP contribution >= 0.6 is 11.3 Å². The maximum atomic E-state index is 12.7. The molecule has 0 bridgehead atoms. The second-order valence-electron chi connectivity index (χ2n) is 7.04. The quantitative estimate of drug-likeness (QED) is 0.589. The average molecular weight is 438 g/mol. The van der Waals surface area contributed by atoms with E-state index in [0.29, 0.717) is 38.5 Å². The Kier molecular flexibility index (Phi) is 6.51. The molecule has 2 aromatic heterocycles. The van der Waals surface area contributed by atoms with Gasteiger partial charge < -0.3 is 14.5 Å². The van der Waals surface area contributed by atoms with E-state index < -0.39 is 0 Å². The molecule has 1 aromatic carbocycles. The van der Waals surface area contributed by atoms with Gasteiger partial charge in [0, 0.05) is 49.5 Å². The summed E-state index contributed by atoms with van der Waals surface area (Å²) in [6.07, 6.45) is 4.76. The van der Waals surface area contributed by atoms with E-state index in [1.54, 1.807) is 9.80 Å². The number of hydrogen-bond acceptors (Lipinski definition) is 7. The number of carbonyl (C=O) groups excluding carboxylic acids is 2. The standard InChI is InChI=1S/C22H23N5O3S/c1-2-30-18-5-3-16(4-6-18)21-25-17(15-31-21)13-20(28)26-9-11-27(12-10-26)22(29)19-14-23-7-8-24-19/h3-8,14-15H,2,9-13H2,1H3. The van der Waals surface area contributed by atoms with Crippen molar-refractivity contribution in [2.45, 2.75) is 13.3 Å². The van der Waals surface area contributed by atoms with Crippen molar-refractivity contribution in [3.63, 3.8) is 0 Å². The summed E-state index contributed by atoms with van der Waals surface area (Å²) in [6, 6.07) is 7.80. The predicted octanol–water partition coefficient (Wildman–Crippen LogP) is 2.53. The van der Waals surface area contributed by atoms with Gasteiger partial charge in [-0.25, -0.2) is 9.97 Å². The summed E-state index contributed by atoms with van der Waals surface area (Å²) in [5.41, 5.74) is 2.09. The molecule has 4 rings (SSSR count). The van der Waals surface area contributed by atoms with Gasteiger partial charge in [0.05, 0.1) is 24.9 Å². The van der Waals surface area contributed by atoms with Crippen molar-refractivity contribution in [3.8, 4) is 16.3 Å². The Morgan fingerprint density at radius 2 is 1.81 bits per heavy atom. The second kappa shape index (κ2) is 9.65. The smallest absolute Gasteiger partial charge is 0.274 e. The lowest BCUT2D eigenvalue weighted by Crippen LogP contribution is -2.51. The highest BCUT2D eigenvalue weighted by Crippen LogP contribution is 2.26. The van der Waals surface area contributed by atoms with Gasteiger partial charge in [-0.3, -0.25) is 14.6 Å². The fraction of sp³-hybridized carbons (Fsp3) is 0.318. The maximum absolute atomic E-state index is 12.7. The number of piperazine rings is 1. The molecule has 160 valence electrons. The molecule has 0 saturated carbocycles. The summed E-state index contributed by atoms with van der Waals surface area (Å²) in [7, 11) is 0. The SMILES string of the molecule is CCOc1ccc(-c2nc(CC(=O)N3CCN(C(=O)c4cnccn4)CC3)cs2)cc1. The van der Waals surface area contributed by atoms with Gasteiger partial charge in [-0.15, -0.1) is 11.3 Å². The van der Waals surface area contributed by atoms with Gasteiger partial charge in [0.2, 0.25) is 5.91 Å². The van der Waals surface area contributed by atoms with E-state index >= 15 is 0 Å². The van der Waals surface area contributed by atoms with Crippen molar-refractivity contribution in [1.29, 1.82) is 0 Å². The lowest BCUT2D eigenvalue weighted by molar-refractivity contribution is -0.132. The minimum absolute atomic E-state index is 0.0233. The van der Waals surface area contributed by atoms with Gasteiger partial charge in [0.25, 0.3) is 5.91 Å². The van der Waals surface area contributed by atoms with Gasteiger partial charge in [-0.1, -0.05) is 0 Å². The van der Waals surface area contributed by atoms with Crippen molar-refractivity contribution in [2.75, 3.05) is 32.8 Å². The topological polar surface area (TPSA) is 88.5 Å². The molecule has 0 unspecified atom stereocenters. The Bertz CT molecular complexity index is 1030. The molecule has 1 aliphatic heterocycles. The fourth-order valence-electron chi connectivity index (χ4n) is 3.38. The number of thiazole rings is 1. The van der Waals surface area contributed by atoms with Gasteiger partial charge in [-0.05, 0) is 31.2 Å². The molecule has 8 nitrogen and oxygen atoms in total. The third-order valence-corrected chi connectivity index (χ3v) is 5.94. The number of carbonyl (C=O) groups is 2. The number of amides is 2. The van der Waals surface area contributed by atoms with Crippen LogP contribution in [0.5, 0.6) is 5.75 Å². The van der Waals surface area contributed by atoms with Gasteiger partial charge in [-0.2, -0.15) is 0 Å². The minimum atomic E-state index is -0.153. The van der Waals surface area contributed by atoms with Crippen LogP contribution in [0.1, 0.15) is 23.1 Å². The van der Waals surface area contributed by atoms with E-state index in [1.165, 1.54) is 29.9 Å². The molecule has 0 aliphatic carbocycles. The number of hydrogen-bond donors (Lipinski definition) is 0. The van der Waals surface area contributed by atoms with Crippen molar-refractivity contribution in [2.24, 2.45) is 0 Å². The predicted molar refractivity (Wildman–Crippen MR) is 117 cm³/mol. The highest BCUT2D eigenvalue weighted by Gasteiger charge is 2.26. The molecule has 9 heteroatoms. The molecule has 31 heavy (non-hydrogen) atoms. The highest BCUT2D eigenvalue weighted by atomic mass is 32.1. The minimum Gasteiger partial charge on any atom is -0.494 e. The van der Waals surface area contributed by atoms with Crippen molar-refractivity contribution in [1.82, 2.24) is 24.8 Å². The van der Waals surface area contributed by atoms with Gasteiger partial charge >= 0.3 is 0 Å². The molecule has 0 radical (unpaired) electrons. The zero-order valence-corrected chi connectivity index (χ0v) is 18.0. The van der Waals surface area contributed by atoms with Crippen LogP contribution in [0.3, 0.4) is 0 Å². The molecule has 1 saturated heterocycles. The fourth-order valence-corrected chi connectivity index (χ4v) is 4.20. The van der Waals surface area contributed by atoms with Crippen molar-refractivity contribution in [3.05, 3.63) is 59.6 Å². The van der Waals surface area contributed by atoms with Crippen LogP contribution in [0, 0.1) is 0 Å². The zero-order chi connectivity index (χ0) is 21.6. The van der Waals surface area contributed by atoms with E-state index in [0.717, 1.165) is 22.0 Å². The van der Waals surface area contributed by atoms with Crippen LogP contribution in [-0.2, 0) is 11.2 Å². The summed E-state index contributed by atoms with van der Waals surface area (Å²) < 4.78 is 5.47. The number of rotatable bonds is 6. The number of aromatic nitrogens is 3. The van der Waals surface area contributed by atoms with Gasteiger partial charge in [0.1, 0.15) is 16.5 Å². The van der Waals surface area contributed by atoms with Crippen LogP contribution in [0.15, 0.2) is 48.2 Å². The molecule has 2 amide bonds. The van der Waals surface area contributed by atoms with E-state index in [9.17, 15) is 9.59 Å². The van der Waals surface area contributed by atoms with E-state index in [4.69, 9.17) is 4.74 Å². The first kappa shape index (κ1) is 20.9.